The Morgan fingerprint density at radius 2 is 2.24 bits per heavy atom. The van der Waals surface area contributed by atoms with Crippen LogP contribution in [0.1, 0.15) is 17.4 Å². The van der Waals surface area contributed by atoms with Crippen LogP contribution in [-0.2, 0) is 0 Å². The molecule has 1 N–H and O–H groups in total. The van der Waals surface area contributed by atoms with Crippen molar-refractivity contribution in [3.05, 3.63) is 39.0 Å². The van der Waals surface area contributed by atoms with Gasteiger partial charge in [-0.3, -0.25) is 10.1 Å². The molecule has 0 bridgehead atoms. The largest absolute Gasteiger partial charge is 0.476 e. The van der Waals surface area contributed by atoms with Crippen molar-refractivity contribution in [3.8, 4) is 17.4 Å². The molecule has 0 atom stereocenters. The molecule has 0 amide bonds. The van der Waals surface area contributed by atoms with Gasteiger partial charge in [-0.15, -0.1) is 0 Å². The molecule has 1 aromatic carbocycles. The van der Waals surface area contributed by atoms with E-state index in [1.54, 1.807) is 6.92 Å². The molecule has 2 rings (SSSR count). The number of nitrogens with zero attached hydrogens (tertiary/aromatic N) is 2. The molecule has 110 valence electrons. The van der Waals surface area contributed by atoms with Gasteiger partial charge in [0.05, 0.1) is 11.5 Å². The molecule has 1 heterocycles. The Labute approximate surface area is 123 Å². The fourth-order valence-electron chi connectivity index (χ4n) is 1.60. The average Bonchev–Trinajstić information content (AvgIpc) is 2.82. The maximum absolute atomic E-state index is 11.0. The summed E-state index contributed by atoms with van der Waals surface area (Å²) in [7, 11) is 0. The van der Waals surface area contributed by atoms with Crippen molar-refractivity contribution in [2.24, 2.45) is 0 Å². The Morgan fingerprint density at radius 1 is 1.52 bits per heavy atom. The number of nitro benzene ring substituents is 1. The highest BCUT2D eigenvalue weighted by molar-refractivity contribution is 6.31. The summed E-state index contributed by atoms with van der Waals surface area (Å²) in [5.74, 6) is -1.71. The zero-order valence-electron chi connectivity index (χ0n) is 10.7. The van der Waals surface area contributed by atoms with E-state index in [1.807, 2.05) is 0 Å². The quantitative estimate of drug-likeness (QED) is 0.666. The molecule has 0 unspecified atom stereocenters. The predicted molar refractivity (Wildman–Crippen MR) is 71.7 cm³/mol. The topological polar surface area (TPSA) is 116 Å². The van der Waals surface area contributed by atoms with Gasteiger partial charge in [-0.25, -0.2) is 4.79 Å². The number of hydrogen-bond acceptors (Lipinski definition) is 6. The molecule has 0 aliphatic rings. The number of nitro groups is 1. The van der Waals surface area contributed by atoms with Gasteiger partial charge >= 0.3 is 11.9 Å². The number of aromatic carboxylic acids is 1. The molecular weight excluding hydrogens is 304 g/mol. The smallest absolute Gasteiger partial charge is 0.362 e. The number of oxazole rings is 1. The highest BCUT2D eigenvalue weighted by atomic mass is 35.5. The molecule has 0 radical (unpaired) electrons. The van der Waals surface area contributed by atoms with E-state index >= 15 is 0 Å². The van der Waals surface area contributed by atoms with Gasteiger partial charge in [0.15, 0.2) is 0 Å². The normalized spacial score (nSPS) is 10.4. The second kappa shape index (κ2) is 5.80. The molecule has 0 saturated heterocycles. The summed E-state index contributed by atoms with van der Waals surface area (Å²) >= 11 is 5.79. The lowest BCUT2D eigenvalue weighted by molar-refractivity contribution is -0.384. The Kier molecular flexibility index (Phi) is 4.08. The summed E-state index contributed by atoms with van der Waals surface area (Å²) in [6, 6.07) is 3.72. The Morgan fingerprint density at radius 3 is 2.81 bits per heavy atom. The lowest BCUT2D eigenvalue weighted by atomic mass is 10.2. The molecule has 1 aromatic heterocycles. The molecule has 21 heavy (non-hydrogen) atoms. The SMILES string of the molecule is CCOc1oc(-c2cc(Cl)cc([N+](=O)[O-])c2)nc1C(=O)O. The van der Waals surface area contributed by atoms with Gasteiger partial charge in [-0.05, 0) is 13.0 Å². The summed E-state index contributed by atoms with van der Waals surface area (Å²) in [4.78, 5) is 25.0. The van der Waals surface area contributed by atoms with Crippen molar-refractivity contribution < 1.29 is 24.0 Å². The standard InChI is InChI=1S/C12H9ClN2O6/c1-2-20-12-9(11(16)17)14-10(21-12)6-3-7(13)5-8(4-6)15(18)19/h3-5H,2H2,1H3,(H,16,17). The van der Waals surface area contributed by atoms with Crippen LogP contribution in [0.5, 0.6) is 5.95 Å². The fourth-order valence-corrected chi connectivity index (χ4v) is 1.83. The molecule has 0 aliphatic carbocycles. The van der Waals surface area contributed by atoms with Crippen LogP contribution in [0.25, 0.3) is 11.5 Å². The van der Waals surface area contributed by atoms with Crippen LogP contribution >= 0.6 is 11.6 Å². The van der Waals surface area contributed by atoms with Crippen molar-refractivity contribution in [1.82, 2.24) is 4.98 Å². The second-order valence-electron chi connectivity index (χ2n) is 3.85. The summed E-state index contributed by atoms with van der Waals surface area (Å²) < 4.78 is 10.2. The third-order valence-electron chi connectivity index (χ3n) is 2.41. The third-order valence-corrected chi connectivity index (χ3v) is 2.63. The Balaban J connectivity index is 2.54. The number of rotatable bonds is 5. The summed E-state index contributed by atoms with van der Waals surface area (Å²) in [5.41, 5.74) is -0.484. The molecule has 2 aromatic rings. The van der Waals surface area contributed by atoms with E-state index in [2.05, 4.69) is 4.98 Å². The number of carboxylic acids is 1. The lowest BCUT2D eigenvalue weighted by Crippen LogP contribution is -2.01. The first kappa shape index (κ1) is 14.8. The fraction of sp³-hybridized carbons (Fsp3) is 0.167. The third kappa shape index (κ3) is 3.11. The predicted octanol–water partition coefficient (Wildman–Crippen LogP) is 3.00. The van der Waals surface area contributed by atoms with Gasteiger partial charge in [-0.1, -0.05) is 11.6 Å². The van der Waals surface area contributed by atoms with Crippen molar-refractivity contribution in [2.45, 2.75) is 6.92 Å². The number of carbonyl (C=O) groups is 1. The number of aromatic nitrogens is 1. The molecule has 0 fully saturated rings. The molecule has 0 spiro atoms. The van der Waals surface area contributed by atoms with Gasteiger partial charge in [-0.2, -0.15) is 4.98 Å². The summed E-state index contributed by atoms with van der Waals surface area (Å²) in [5, 5.41) is 19.9. The van der Waals surface area contributed by atoms with Gasteiger partial charge in [0.1, 0.15) is 0 Å². The van der Waals surface area contributed by atoms with Crippen LogP contribution in [0, 0.1) is 10.1 Å². The lowest BCUT2D eigenvalue weighted by Gasteiger charge is -1.98. The number of carboxylic acid groups (broad SMARTS) is 1. The first-order valence-corrected chi connectivity index (χ1v) is 6.12. The van der Waals surface area contributed by atoms with E-state index in [9.17, 15) is 14.9 Å². The number of hydrogen-bond donors (Lipinski definition) is 1. The van der Waals surface area contributed by atoms with Crippen LogP contribution in [0.2, 0.25) is 5.02 Å². The number of halogens is 1. The monoisotopic (exact) mass is 312 g/mol. The van der Waals surface area contributed by atoms with E-state index in [0.29, 0.717) is 0 Å². The average molecular weight is 313 g/mol. The minimum Gasteiger partial charge on any atom is -0.476 e. The molecular formula is C12H9ClN2O6. The maximum Gasteiger partial charge on any atom is 0.362 e. The zero-order chi connectivity index (χ0) is 15.6. The molecule has 8 nitrogen and oxygen atoms in total. The van der Waals surface area contributed by atoms with Gasteiger partial charge in [0.2, 0.25) is 11.6 Å². The minimum atomic E-state index is -1.33. The number of benzene rings is 1. The number of non-ortho nitro benzene ring substituents is 1. The summed E-state index contributed by atoms with van der Waals surface area (Å²) in [6.07, 6.45) is 0. The van der Waals surface area contributed by atoms with Gasteiger partial charge in [0, 0.05) is 22.7 Å². The van der Waals surface area contributed by atoms with Crippen LogP contribution in [0.4, 0.5) is 5.69 Å². The van der Waals surface area contributed by atoms with E-state index in [4.69, 9.17) is 25.9 Å². The highest BCUT2D eigenvalue weighted by Crippen LogP contribution is 2.31. The molecule has 0 aliphatic heterocycles. The minimum absolute atomic E-state index is 0.104. The molecule has 9 heteroatoms. The van der Waals surface area contributed by atoms with E-state index in [1.165, 1.54) is 12.1 Å². The van der Waals surface area contributed by atoms with Crippen molar-refractivity contribution in [3.63, 3.8) is 0 Å². The van der Waals surface area contributed by atoms with Crippen LogP contribution in [0.15, 0.2) is 22.6 Å². The van der Waals surface area contributed by atoms with Gasteiger partial charge < -0.3 is 14.3 Å². The van der Waals surface area contributed by atoms with Crippen LogP contribution in [0.3, 0.4) is 0 Å². The van der Waals surface area contributed by atoms with Crippen LogP contribution < -0.4 is 4.74 Å². The van der Waals surface area contributed by atoms with E-state index in [-0.39, 0.29) is 34.7 Å². The summed E-state index contributed by atoms with van der Waals surface area (Å²) in [6.45, 7) is 1.84. The zero-order valence-corrected chi connectivity index (χ0v) is 11.5. The first-order chi connectivity index (χ1) is 9.92. The Bertz CT molecular complexity index is 712. The number of ether oxygens (including phenoxy) is 1. The Hall–Kier alpha value is -2.61. The van der Waals surface area contributed by atoms with Crippen molar-refractivity contribution in [2.75, 3.05) is 6.61 Å². The van der Waals surface area contributed by atoms with Crippen molar-refractivity contribution >= 4 is 23.3 Å². The van der Waals surface area contributed by atoms with Gasteiger partial charge in [0.25, 0.3) is 5.69 Å². The molecule has 0 saturated carbocycles. The van der Waals surface area contributed by atoms with Crippen molar-refractivity contribution in [1.29, 1.82) is 0 Å². The maximum atomic E-state index is 11.0. The first-order valence-electron chi connectivity index (χ1n) is 5.74. The van der Waals surface area contributed by atoms with E-state index in [0.717, 1.165) is 6.07 Å². The van der Waals surface area contributed by atoms with E-state index < -0.39 is 16.6 Å². The van der Waals surface area contributed by atoms with Crippen LogP contribution in [-0.4, -0.2) is 27.6 Å². The second-order valence-corrected chi connectivity index (χ2v) is 4.28. The highest BCUT2D eigenvalue weighted by Gasteiger charge is 2.23.